The predicted molar refractivity (Wildman–Crippen MR) is 46.7 cm³/mol. The molecule has 0 aromatic carbocycles. The van der Waals surface area contributed by atoms with Crippen molar-refractivity contribution in [1.29, 1.82) is 0 Å². The lowest BCUT2D eigenvalue weighted by molar-refractivity contribution is -0.124. The van der Waals surface area contributed by atoms with Crippen LogP contribution in [0.15, 0.2) is 0 Å². The van der Waals surface area contributed by atoms with E-state index >= 15 is 0 Å². The molecule has 9 heteroatoms. The second-order valence-corrected chi connectivity index (χ2v) is 3.63. The number of nitrogens with two attached hydrogens (primary N) is 1. The Hall–Kier alpha value is 0.580. The van der Waals surface area contributed by atoms with Gasteiger partial charge in [0.05, 0.1) is 0 Å². The van der Waals surface area contributed by atoms with Gasteiger partial charge in [-0.2, -0.15) is 0 Å². The molecule has 0 aliphatic carbocycles. The molecule has 0 rings (SSSR count). The normalized spacial score (nSPS) is 12.9. The highest BCUT2D eigenvalue weighted by atomic mass is 31.2. The number of hydrogen-bond donors (Lipinski definition) is 5. The Morgan fingerprint density at radius 2 is 1.54 bits per heavy atom. The smallest absolute Gasteiger partial charge is 0.328 e. The molecule has 0 saturated carbocycles. The Kier molecular flexibility index (Phi) is 6.41. The van der Waals surface area contributed by atoms with Crippen molar-refractivity contribution in [3.63, 3.8) is 0 Å². The summed E-state index contributed by atoms with van der Waals surface area (Å²) in [7, 11) is -5.38. The second-order valence-electron chi connectivity index (χ2n) is 2.25. The van der Waals surface area contributed by atoms with Crippen molar-refractivity contribution >= 4 is 17.2 Å². The van der Waals surface area contributed by atoms with Crippen LogP contribution < -0.4 is 5.73 Å². The molecule has 0 bridgehead atoms. The van der Waals surface area contributed by atoms with Crippen LogP contribution in [0.2, 0.25) is 0 Å². The molecule has 0 aliphatic rings. The summed E-state index contributed by atoms with van der Waals surface area (Å²) in [6, 6.07) is 0. The van der Waals surface area contributed by atoms with Gasteiger partial charge in [0.15, 0.2) is 0 Å². The monoisotopic (exact) mass is 233 g/mol. The van der Waals surface area contributed by atoms with E-state index in [0.29, 0.717) is 6.42 Å². The largest absolute Gasteiger partial charge is 0.330 e. The van der Waals surface area contributed by atoms with Gasteiger partial charge in [-0.3, -0.25) is 14.8 Å². The van der Waals surface area contributed by atoms with Crippen LogP contribution in [0.25, 0.3) is 0 Å². The molecule has 7 nitrogen and oxygen atoms in total. The lowest BCUT2D eigenvalue weighted by atomic mass is 10.3. The summed E-state index contributed by atoms with van der Waals surface area (Å²) in [5, 5.41) is 0. The average Bonchev–Trinajstić information content (AvgIpc) is 1.81. The van der Waals surface area contributed by atoms with Crippen LogP contribution in [0.5, 0.6) is 0 Å². The van der Waals surface area contributed by atoms with E-state index in [1.807, 2.05) is 0 Å². The summed E-state index contributed by atoms with van der Waals surface area (Å²) in [5.41, 5.74) is 5.36. The Bertz CT molecular complexity index is 135. The molecule has 13 heavy (non-hydrogen) atoms. The molecule has 6 N–H and O–H groups in total. The lowest BCUT2D eigenvalue weighted by Gasteiger charge is -2.28. The molecule has 0 aromatic rings. The van der Waals surface area contributed by atoms with Crippen LogP contribution in [-0.2, 0) is 9.05 Å². The third-order valence-electron chi connectivity index (χ3n) is 1.07. The molecule has 0 spiro atoms. The van der Waals surface area contributed by atoms with Crippen LogP contribution in [-0.4, -0.2) is 25.5 Å². The van der Waals surface area contributed by atoms with Crippen molar-refractivity contribution in [2.24, 2.45) is 5.73 Å². The summed E-state index contributed by atoms with van der Waals surface area (Å²) in [6.07, 6.45) is 0.649. The molecular formula is C4H13NO6P2. The highest BCUT2D eigenvalue weighted by Crippen LogP contribution is 2.39. The van der Waals surface area contributed by atoms with E-state index in [1.165, 1.54) is 0 Å². The van der Waals surface area contributed by atoms with Gasteiger partial charge in [-0.1, -0.05) is 6.92 Å². The van der Waals surface area contributed by atoms with E-state index in [-0.39, 0.29) is 6.42 Å². The highest BCUT2D eigenvalue weighted by Gasteiger charge is 2.32. The van der Waals surface area contributed by atoms with Gasteiger partial charge in [-0.25, -0.2) is 0 Å². The minimum Gasteiger partial charge on any atom is -0.328 e. The quantitative estimate of drug-likeness (QED) is 0.319. The zero-order valence-corrected chi connectivity index (χ0v) is 8.78. The third-order valence-corrected chi connectivity index (χ3v) is 2.02. The summed E-state index contributed by atoms with van der Waals surface area (Å²) >= 11 is 0. The third kappa shape index (κ3) is 6.62. The van der Waals surface area contributed by atoms with Gasteiger partial charge in [0.1, 0.15) is 0 Å². The van der Waals surface area contributed by atoms with Gasteiger partial charge >= 0.3 is 17.2 Å². The first-order valence-corrected chi connectivity index (χ1v) is 5.75. The van der Waals surface area contributed by atoms with Crippen LogP contribution in [0.1, 0.15) is 19.8 Å². The standard InChI is InChI=1S/C4H13NO6P2/c1-2-3-4(5,10-12(6)7)11-13(8)9/h6-9H,2-3,5H2,1H3. The van der Waals surface area contributed by atoms with Crippen molar-refractivity contribution in [3.8, 4) is 0 Å². The van der Waals surface area contributed by atoms with Crippen molar-refractivity contribution in [2.45, 2.75) is 25.7 Å². The molecule has 0 radical (unpaired) electrons. The van der Waals surface area contributed by atoms with Gasteiger partial charge in [0.25, 0.3) is 0 Å². The average molecular weight is 233 g/mol. The maximum absolute atomic E-state index is 8.51. The Morgan fingerprint density at radius 1 is 1.15 bits per heavy atom. The molecule has 0 saturated heterocycles. The minimum atomic E-state index is -2.69. The molecule has 0 atom stereocenters. The highest BCUT2D eigenvalue weighted by molar-refractivity contribution is 7.40. The summed E-state index contributed by atoms with van der Waals surface area (Å²) in [4.78, 5) is 34.0. The zero-order chi connectivity index (χ0) is 10.5. The van der Waals surface area contributed by atoms with Gasteiger partial charge in [0, 0.05) is 6.42 Å². The van der Waals surface area contributed by atoms with E-state index in [1.54, 1.807) is 6.92 Å². The molecule has 80 valence electrons. The van der Waals surface area contributed by atoms with Gasteiger partial charge in [0.2, 0.25) is 5.91 Å². The van der Waals surface area contributed by atoms with Crippen LogP contribution >= 0.6 is 17.2 Å². The SMILES string of the molecule is CCCC(N)(OP(O)O)OP(O)O. The lowest BCUT2D eigenvalue weighted by Crippen LogP contribution is -2.42. The molecule has 0 aliphatic heterocycles. The van der Waals surface area contributed by atoms with Crippen LogP contribution in [0.3, 0.4) is 0 Å². The topological polar surface area (TPSA) is 125 Å². The van der Waals surface area contributed by atoms with E-state index in [2.05, 4.69) is 9.05 Å². The molecule has 0 fully saturated rings. The van der Waals surface area contributed by atoms with E-state index in [9.17, 15) is 0 Å². The van der Waals surface area contributed by atoms with Crippen molar-refractivity contribution in [2.75, 3.05) is 0 Å². The van der Waals surface area contributed by atoms with Crippen LogP contribution in [0, 0.1) is 0 Å². The van der Waals surface area contributed by atoms with E-state index in [4.69, 9.17) is 25.3 Å². The maximum Gasteiger partial charge on any atom is 0.330 e. The fraction of sp³-hybridized carbons (Fsp3) is 1.00. The Morgan fingerprint density at radius 3 is 1.77 bits per heavy atom. The summed E-state index contributed by atoms with van der Waals surface area (Å²) in [6.45, 7) is 1.75. The summed E-state index contributed by atoms with van der Waals surface area (Å²) in [5.74, 6) is -1.85. The molecular weight excluding hydrogens is 220 g/mol. The van der Waals surface area contributed by atoms with Gasteiger partial charge in [-0.15, -0.1) is 0 Å². The molecule has 0 heterocycles. The first kappa shape index (κ1) is 13.6. The van der Waals surface area contributed by atoms with Crippen molar-refractivity contribution in [3.05, 3.63) is 0 Å². The predicted octanol–water partition coefficient (Wildman–Crippen LogP) is -0.145. The van der Waals surface area contributed by atoms with Gasteiger partial charge < -0.3 is 19.6 Å². The molecule has 0 unspecified atom stereocenters. The maximum atomic E-state index is 8.51. The molecule has 0 amide bonds. The fourth-order valence-corrected chi connectivity index (χ4v) is 1.60. The van der Waals surface area contributed by atoms with Gasteiger partial charge in [-0.05, 0) is 6.42 Å². The Labute approximate surface area is 78.1 Å². The van der Waals surface area contributed by atoms with E-state index < -0.39 is 23.1 Å². The van der Waals surface area contributed by atoms with Crippen molar-refractivity contribution < 1.29 is 28.6 Å². The Balaban J connectivity index is 4.15. The number of hydrogen-bond acceptors (Lipinski definition) is 7. The van der Waals surface area contributed by atoms with Crippen LogP contribution in [0.4, 0.5) is 0 Å². The first-order valence-electron chi connectivity index (χ1n) is 3.42. The summed E-state index contributed by atoms with van der Waals surface area (Å²) < 4.78 is 8.83. The molecule has 0 aromatic heterocycles. The van der Waals surface area contributed by atoms with Crippen molar-refractivity contribution in [1.82, 2.24) is 0 Å². The second kappa shape index (κ2) is 6.14. The zero-order valence-electron chi connectivity index (χ0n) is 6.99. The fourth-order valence-electron chi connectivity index (χ4n) is 0.733. The minimum absolute atomic E-state index is 0.118. The van der Waals surface area contributed by atoms with E-state index in [0.717, 1.165) is 0 Å². The first-order chi connectivity index (χ1) is 5.89. The number of rotatable bonds is 6.